The van der Waals surface area contributed by atoms with E-state index in [1.165, 1.54) is 28.3 Å². The lowest BCUT2D eigenvalue weighted by Crippen LogP contribution is -2.19. The summed E-state index contributed by atoms with van der Waals surface area (Å²) < 4.78 is 20.2. The zero-order valence-electron chi connectivity index (χ0n) is 18.8. The van der Waals surface area contributed by atoms with Crippen LogP contribution in [0, 0.1) is 12.7 Å². The van der Waals surface area contributed by atoms with E-state index in [0.717, 1.165) is 16.1 Å². The van der Waals surface area contributed by atoms with Crippen LogP contribution in [0.4, 0.5) is 10.2 Å². The maximum atomic E-state index is 14.1. The van der Waals surface area contributed by atoms with Crippen LogP contribution in [0.5, 0.6) is 5.75 Å². The van der Waals surface area contributed by atoms with E-state index in [1.54, 1.807) is 44.6 Å². The number of aliphatic hydroxyl groups is 1. The Labute approximate surface area is 194 Å². The van der Waals surface area contributed by atoms with E-state index in [4.69, 9.17) is 10.5 Å². The van der Waals surface area contributed by atoms with Crippen molar-refractivity contribution in [2.24, 2.45) is 0 Å². The number of thiazole rings is 1. The second-order valence-electron chi connectivity index (χ2n) is 7.95. The van der Waals surface area contributed by atoms with Crippen LogP contribution in [-0.2, 0) is 5.60 Å². The smallest absolute Gasteiger partial charge is 0.166 e. The highest BCUT2D eigenvalue weighted by Crippen LogP contribution is 2.38. The average Bonchev–Trinajstić information content (AvgIpc) is 3.45. The fraction of sp³-hybridized carbons (Fsp3) is 0.304. The zero-order valence-corrected chi connectivity index (χ0v) is 19.6. The summed E-state index contributed by atoms with van der Waals surface area (Å²) in [6, 6.07) is 6.13. The number of nitrogens with zero attached hydrogens (tertiary/aromatic N) is 5. The number of ether oxygens (including phenoxy) is 1. The van der Waals surface area contributed by atoms with E-state index in [2.05, 4.69) is 20.2 Å². The summed E-state index contributed by atoms with van der Waals surface area (Å²) in [6.45, 7) is 7.34. The molecule has 0 unspecified atom stereocenters. The molecule has 0 amide bonds. The van der Waals surface area contributed by atoms with Crippen molar-refractivity contribution in [2.75, 3.05) is 5.73 Å². The van der Waals surface area contributed by atoms with Gasteiger partial charge in [0.1, 0.15) is 22.5 Å². The molecule has 0 fully saturated rings. The predicted octanol–water partition coefficient (Wildman–Crippen LogP) is 4.57. The van der Waals surface area contributed by atoms with E-state index < -0.39 is 17.5 Å². The third-order valence-electron chi connectivity index (χ3n) is 5.46. The number of pyridine rings is 1. The van der Waals surface area contributed by atoms with Crippen LogP contribution in [0.1, 0.15) is 49.6 Å². The fourth-order valence-electron chi connectivity index (χ4n) is 3.35. The van der Waals surface area contributed by atoms with E-state index in [0.29, 0.717) is 28.4 Å². The highest BCUT2D eigenvalue weighted by Gasteiger charge is 2.26. The van der Waals surface area contributed by atoms with Crippen molar-refractivity contribution in [1.82, 2.24) is 25.0 Å². The Bertz CT molecular complexity index is 1270. The van der Waals surface area contributed by atoms with Gasteiger partial charge in [-0.15, -0.1) is 11.3 Å². The van der Waals surface area contributed by atoms with E-state index in [-0.39, 0.29) is 5.82 Å². The maximum absolute atomic E-state index is 14.1. The molecule has 3 heterocycles. The summed E-state index contributed by atoms with van der Waals surface area (Å²) in [5.74, 6) is 0.177. The van der Waals surface area contributed by atoms with Gasteiger partial charge in [-0.2, -0.15) is 15.0 Å². The highest BCUT2D eigenvalue weighted by molar-refractivity contribution is 7.15. The molecule has 33 heavy (non-hydrogen) atoms. The van der Waals surface area contributed by atoms with Gasteiger partial charge in [-0.1, -0.05) is 6.92 Å². The number of benzene rings is 1. The van der Waals surface area contributed by atoms with Crippen molar-refractivity contribution in [3.05, 3.63) is 64.9 Å². The minimum absolute atomic E-state index is 0.212. The maximum Gasteiger partial charge on any atom is 0.166 e. The SMILES string of the molecule is CC[C@@](C)(O)c1nc(C)c(-c2cnc(N)c(O[C@H](C)c3cc(F)ccc3-n3nccn3)c2)s1. The van der Waals surface area contributed by atoms with Gasteiger partial charge in [0.2, 0.25) is 0 Å². The Morgan fingerprint density at radius 2 is 2.00 bits per heavy atom. The van der Waals surface area contributed by atoms with Crippen LogP contribution in [0.25, 0.3) is 16.1 Å². The lowest BCUT2D eigenvalue weighted by atomic mass is 10.1. The molecule has 1 aromatic carbocycles. The van der Waals surface area contributed by atoms with Gasteiger partial charge in [-0.3, -0.25) is 0 Å². The predicted molar refractivity (Wildman–Crippen MR) is 125 cm³/mol. The van der Waals surface area contributed by atoms with Gasteiger partial charge in [0.05, 0.1) is 28.7 Å². The number of halogens is 1. The van der Waals surface area contributed by atoms with Crippen molar-refractivity contribution in [2.45, 2.75) is 45.8 Å². The second kappa shape index (κ2) is 8.87. The van der Waals surface area contributed by atoms with Crippen LogP contribution < -0.4 is 10.5 Å². The number of aryl methyl sites for hydroxylation is 1. The van der Waals surface area contributed by atoms with E-state index in [9.17, 15) is 9.50 Å². The Kier molecular flexibility index (Phi) is 6.13. The molecular formula is C23H25FN6O2S. The van der Waals surface area contributed by atoms with E-state index >= 15 is 0 Å². The van der Waals surface area contributed by atoms with Gasteiger partial charge >= 0.3 is 0 Å². The summed E-state index contributed by atoms with van der Waals surface area (Å²) in [5, 5.41) is 19.5. The number of hydrogen-bond donors (Lipinski definition) is 2. The number of rotatable bonds is 7. The Morgan fingerprint density at radius 1 is 1.27 bits per heavy atom. The molecule has 3 N–H and O–H groups in total. The van der Waals surface area contributed by atoms with Crippen LogP contribution in [0.15, 0.2) is 42.9 Å². The molecule has 0 spiro atoms. The largest absolute Gasteiger partial charge is 0.482 e. The topological polar surface area (TPSA) is 112 Å². The molecular weight excluding hydrogens is 443 g/mol. The monoisotopic (exact) mass is 468 g/mol. The van der Waals surface area contributed by atoms with Gasteiger partial charge in [0, 0.05) is 17.3 Å². The molecule has 8 nitrogen and oxygen atoms in total. The summed E-state index contributed by atoms with van der Waals surface area (Å²) in [7, 11) is 0. The summed E-state index contributed by atoms with van der Waals surface area (Å²) in [4.78, 5) is 11.1. The molecule has 4 aromatic rings. The molecule has 10 heteroatoms. The highest BCUT2D eigenvalue weighted by atomic mass is 32.1. The molecule has 3 aromatic heterocycles. The van der Waals surface area contributed by atoms with Gasteiger partial charge in [0.25, 0.3) is 0 Å². The number of nitrogen functional groups attached to an aromatic ring is 1. The molecule has 0 saturated carbocycles. The minimum atomic E-state index is -1.00. The first-order chi connectivity index (χ1) is 15.7. The average molecular weight is 469 g/mol. The van der Waals surface area contributed by atoms with Gasteiger partial charge in [-0.05, 0) is 51.5 Å². The minimum Gasteiger partial charge on any atom is -0.482 e. The van der Waals surface area contributed by atoms with Crippen molar-refractivity contribution in [3.8, 4) is 21.9 Å². The van der Waals surface area contributed by atoms with Crippen molar-refractivity contribution in [3.63, 3.8) is 0 Å². The zero-order chi connectivity index (χ0) is 23.8. The summed E-state index contributed by atoms with van der Waals surface area (Å²) >= 11 is 1.41. The first kappa shape index (κ1) is 22.8. The van der Waals surface area contributed by atoms with Crippen molar-refractivity contribution >= 4 is 17.2 Å². The van der Waals surface area contributed by atoms with Crippen LogP contribution in [0.3, 0.4) is 0 Å². The molecule has 2 atom stereocenters. The number of aromatic nitrogens is 5. The molecule has 0 aliphatic carbocycles. The molecule has 0 aliphatic heterocycles. The lowest BCUT2D eigenvalue weighted by molar-refractivity contribution is 0.0527. The second-order valence-corrected chi connectivity index (χ2v) is 8.95. The Balaban J connectivity index is 1.68. The summed E-state index contributed by atoms with van der Waals surface area (Å²) in [6.07, 6.45) is 4.72. The fourth-order valence-corrected chi connectivity index (χ4v) is 4.51. The summed E-state index contributed by atoms with van der Waals surface area (Å²) in [5.41, 5.74) is 7.81. The number of anilines is 1. The molecule has 0 radical (unpaired) electrons. The van der Waals surface area contributed by atoms with Crippen molar-refractivity contribution in [1.29, 1.82) is 0 Å². The molecule has 0 bridgehead atoms. The molecule has 0 aliphatic rings. The van der Waals surface area contributed by atoms with Crippen LogP contribution in [0.2, 0.25) is 0 Å². The molecule has 4 rings (SSSR count). The standard InChI is InChI=1S/C23H25FN6O2S/c1-5-23(4,31)22-29-13(2)20(33-22)15-10-19(21(25)26-12-15)32-14(3)17-11-16(24)6-7-18(17)30-27-8-9-28-30/h6-12,14,31H,5H2,1-4H3,(H2,25,26)/t14-,23-/m1/s1. The van der Waals surface area contributed by atoms with Crippen LogP contribution in [-0.4, -0.2) is 30.1 Å². The number of nitrogens with two attached hydrogens (primary N) is 1. The Hall–Kier alpha value is -3.37. The van der Waals surface area contributed by atoms with Crippen molar-refractivity contribution < 1.29 is 14.2 Å². The quantitative estimate of drug-likeness (QED) is 0.408. The third-order valence-corrected chi connectivity index (χ3v) is 6.91. The van der Waals surface area contributed by atoms with Gasteiger partial charge in [-0.25, -0.2) is 14.4 Å². The number of hydrogen-bond acceptors (Lipinski definition) is 8. The molecule has 172 valence electrons. The van der Waals surface area contributed by atoms with Gasteiger partial charge in [0.15, 0.2) is 11.6 Å². The first-order valence-electron chi connectivity index (χ1n) is 10.5. The van der Waals surface area contributed by atoms with Crippen LogP contribution >= 0.6 is 11.3 Å². The molecule has 0 saturated heterocycles. The van der Waals surface area contributed by atoms with Gasteiger partial charge < -0.3 is 15.6 Å². The Morgan fingerprint density at radius 3 is 2.70 bits per heavy atom. The lowest BCUT2D eigenvalue weighted by Gasteiger charge is -2.19. The third kappa shape index (κ3) is 4.57. The first-order valence-corrected chi connectivity index (χ1v) is 11.3. The normalized spacial score (nSPS) is 14.1. The van der Waals surface area contributed by atoms with E-state index in [1.807, 2.05) is 13.8 Å².